The molecule has 0 saturated heterocycles. The van der Waals surface area contributed by atoms with Crippen molar-refractivity contribution in [2.75, 3.05) is 0 Å². The highest BCUT2D eigenvalue weighted by Gasteiger charge is 2.36. The van der Waals surface area contributed by atoms with Gasteiger partial charge in [-0.1, -0.05) is 81.6 Å². The van der Waals surface area contributed by atoms with Crippen LogP contribution in [0.3, 0.4) is 0 Å². The molecule has 0 aromatic carbocycles. The lowest BCUT2D eigenvalue weighted by atomic mass is 9.75. The Morgan fingerprint density at radius 3 is 0.942 bits per heavy atom. The van der Waals surface area contributed by atoms with Crippen LogP contribution in [0.4, 0.5) is 0 Å². The van der Waals surface area contributed by atoms with Gasteiger partial charge in [-0.2, -0.15) is 13.7 Å². The maximum Gasteiger partial charge on any atom is 0.372 e. The smallest absolute Gasteiger partial charge is 0.372 e. The lowest BCUT2D eigenvalue weighted by Crippen LogP contribution is -3.00. The number of halogens is 3. The van der Waals surface area contributed by atoms with Crippen LogP contribution in [0.1, 0.15) is 120 Å². The number of hydrogen-bond donors (Lipinski definition) is 0. The molecule has 3 aliphatic rings. The van der Waals surface area contributed by atoms with Crippen molar-refractivity contribution in [3.63, 3.8) is 0 Å². The highest BCUT2D eigenvalue weighted by molar-refractivity contribution is 5.69. The molecule has 13 heteroatoms. The van der Waals surface area contributed by atoms with Crippen LogP contribution in [-0.2, 0) is 48.2 Å². The SMILES string of the molecule is CC1CCC(C(C)C)C(OC(=O)C[n+]2ccc(-c3cc[n+](CC(=O)OC4CC(C)CCC4C(C)C)cc3)cc2)C1.CC1CCC(C(C)C)C(OC(=O)C[n+]2ccc(-c3ccncc3)cc2)C1.[Cl-].[Cl-].[Cl-]. The number of esters is 3. The van der Waals surface area contributed by atoms with Crippen LogP contribution >= 0.6 is 0 Å². The molecule has 0 aliphatic heterocycles. The van der Waals surface area contributed by atoms with E-state index >= 15 is 0 Å². The molecule has 380 valence electrons. The molecule has 9 atom stereocenters. The molecule has 7 rings (SSSR count). The summed E-state index contributed by atoms with van der Waals surface area (Å²) in [5, 5.41) is 0. The van der Waals surface area contributed by atoms with Crippen LogP contribution in [0, 0.1) is 53.3 Å². The van der Waals surface area contributed by atoms with Gasteiger partial charge in [-0.15, -0.1) is 0 Å². The number of pyridine rings is 4. The summed E-state index contributed by atoms with van der Waals surface area (Å²) in [6, 6.07) is 16.0. The molecule has 3 saturated carbocycles. The van der Waals surface area contributed by atoms with Crippen molar-refractivity contribution in [2.45, 2.75) is 158 Å². The zero-order valence-corrected chi connectivity index (χ0v) is 44.8. The van der Waals surface area contributed by atoms with Gasteiger partial charge in [0.1, 0.15) is 18.3 Å². The topological polar surface area (TPSA) is 103 Å². The fourth-order valence-electron chi connectivity index (χ4n) is 10.6. The zero-order chi connectivity index (χ0) is 47.3. The maximum absolute atomic E-state index is 12.7. The van der Waals surface area contributed by atoms with E-state index in [1.807, 2.05) is 99.4 Å². The Labute approximate surface area is 432 Å². The van der Waals surface area contributed by atoms with Crippen molar-refractivity contribution >= 4 is 17.9 Å². The average molecular weight is 1010 g/mol. The minimum Gasteiger partial charge on any atom is -1.00 e. The van der Waals surface area contributed by atoms with Gasteiger partial charge in [0, 0.05) is 48.8 Å². The standard InChI is InChI=1S/C34H50N2O4.C22H29N2O2.3ClH/c1-23(2)29-9-7-25(5)19-31(29)39-33(37)21-35-15-11-27(12-16-35)28-13-17-36(18-14-28)22-34(38)40-32-20-26(6)8-10-30(32)24(3)4;1-16(2)20-5-4-17(3)14-21(20)26-22(25)15-24-12-8-19(9-13-24)18-6-10-23-11-7-18;;;/h11-18,23-26,29-32H,7-10,19-22H2,1-6H3;6-13,16-17,20-21H,4-5,14-15H2,1-3H3;3*1H/q+2;+1;;;/p-3. The Hall–Kier alpha value is -4.12. The van der Waals surface area contributed by atoms with Gasteiger partial charge in [0.05, 0.1) is 0 Å². The molecule has 3 fully saturated rings. The van der Waals surface area contributed by atoms with Gasteiger partial charge in [-0.25, -0.2) is 14.4 Å². The summed E-state index contributed by atoms with van der Waals surface area (Å²) in [7, 11) is 0. The zero-order valence-electron chi connectivity index (χ0n) is 42.5. The summed E-state index contributed by atoms with van der Waals surface area (Å²) >= 11 is 0. The molecule has 4 aromatic heterocycles. The molecule has 9 unspecified atom stereocenters. The molecule has 0 amide bonds. The summed E-state index contributed by atoms with van der Waals surface area (Å²) in [4.78, 5) is 42.0. The van der Waals surface area contributed by atoms with Crippen molar-refractivity contribution in [2.24, 2.45) is 53.3 Å². The van der Waals surface area contributed by atoms with E-state index in [4.69, 9.17) is 14.2 Å². The highest BCUT2D eigenvalue weighted by atomic mass is 35.5. The molecule has 0 radical (unpaired) electrons. The van der Waals surface area contributed by atoms with Gasteiger partial charge in [0.2, 0.25) is 19.6 Å². The van der Waals surface area contributed by atoms with E-state index in [0.29, 0.717) is 53.3 Å². The van der Waals surface area contributed by atoms with E-state index in [9.17, 15) is 14.4 Å². The Kier molecular flexibility index (Phi) is 24.6. The number of carbonyl (C=O) groups excluding carboxylic acids is 3. The van der Waals surface area contributed by atoms with Gasteiger partial charge >= 0.3 is 17.9 Å². The molecule has 0 spiro atoms. The van der Waals surface area contributed by atoms with E-state index in [0.717, 1.165) is 60.8 Å². The predicted molar refractivity (Wildman–Crippen MR) is 256 cm³/mol. The van der Waals surface area contributed by atoms with E-state index < -0.39 is 0 Å². The van der Waals surface area contributed by atoms with Crippen molar-refractivity contribution in [3.8, 4) is 22.3 Å². The Morgan fingerprint density at radius 1 is 0.449 bits per heavy atom. The first-order chi connectivity index (χ1) is 31.6. The first-order valence-corrected chi connectivity index (χ1v) is 25.1. The second-order valence-corrected chi connectivity index (χ2v) is 21.1. The molecule has 3 aliphatic carbocycles. The van der Waals surface area contributed by atoms with E-state index in [2.05, 4.69) is 67.3 Å². The van der Waals surface area contributed by atoms with Gasteiger partial charge < -0.3 is 51.4 Å². The number of hydrogen-bond acceptors (Lipinski definition) is 7. The molecular formula is C56H79Cl3N4O6. The van der Waals surface area contributed by atoms with Crippen molar-refractivity contribution < 1.29 is 79.5 Å². The van der Waals surface area contributed by atoms with Gasteiger partial charge in [0.15, 0.2) is 37.2 Å². The van der Waals surface area contributed by atoms with Crippen molar-refractivity contribution in [1.82, 2.24) is 4.98 Å². The minimum atomic E-state index is -0.169. The Bertz CT molecular complexity index is 2050. The Balaban J connectivity index is 0.000000379. The fraction of sp³-hybridized carbons (Fsp3) is 0.589. The third-order valence-corrected chi connectivity index (χ3v) is 14.7. The summed E-state index contributed by atoms with van der Waals surface area (Å²) in [5.74, 6) is 4.33. The van der Waals surface area contributed by atoms with Crippen LogP contribution in [0.5, 0.6) is 0 Å². The number of aromatic nitrogens is 4. The van der Waals surface area contributed by atoms with E-state index in [1.165, 1.54) is 19.3 Å². The number of carbonyl (C=O) groups is 3. The quantitative estimate of drug-likeness (QED) is 0.106. The summed E-state index contributed by atoms with van der Waals surface area (Å²) in [5.41, 5.74) is 4.33. The van der Waals surface area contributed by atoms with Crippen LogP contribution in [0.2, 0.25) is 0 Å². The fourth-order valence-corrected chi connectivity index (χ4v) is 10.6. The Morgan fingerprint density at radius 2 is 0.696 bits per heavy atom. The average Bonchev–Trinajstić information content (AvgIpc) is 3.27. The monoisotopic (exact) mass is 1010 g/mol. The maximum atomic E-state index is 12.7. The second kappa shape index (κ2) is 28.7. The first-order valence-electron chi connectivity index (χ1n) is 25.1. The van der Waals surface area contributed by atoms with E-state index in [-0.39, 0.29) is 93.1 Å². The third kappa shape index (κ3) is 17.9. The summed E-state index contributed by atoms with van der Waals surface area (Å²) < 4.78 is 23.5. The van der Waals surface area contributed by atoms with Gasteiger partial charge in [0.25, 0.3) is 0 Å². The molecule has 10 nitrogen and oxygen atoms in total. The number of nitrogens with zero attached hydrogens (tertiary/aromatic N) is 4. The first kappa shape index (κ1) is 59.2. The molecule has 0 N–H and O–H groups in total. The molecule has 69 heavy (non-hydrogen) atoms. The summed E-state index contributed by atoms with van der Waals surface area (Å²) in [6.45, 7) is 20.8. The van der Waals surface area contributed by atoms with Crippen LogP contribution in [0.25, 0.3) is 22.3 Å². The predicted octanol–water partition coefficient (Wildman–Crippen LogP) is 0.989. The second-order valence-electron chi connectivity index (χ2n) is 21.1. The minimum absolute atomic E-state index is 0. The molecule has 0 bridgehead atoms. The molecular weight excluding hydrogens is 931 g/mol. The third-order valence-electron chi connectivity index (χ3n) is 14.7. The van der Waals surface area contributed by atoms with E-state index in [1.54, 1.807) is 12.4 Å². The summed E-state index contributed by atoms with van der Waals surface area (Å²) in [6.07, 6.45) is 25.2. The highest BCUT2D eigenvalue weighted by Crippen LogP contribution is 2.37. The lowest BCUT2D eigenvalue weighted by Gasteiger charge is -2.36. The van der Waals surface area contributed by atoms with Gasteiger partial charge in [-0.05, 0) is 126 Å². The van der Waals surface area contributed by atoms with Crippen molar-refractivity contribution in [1.29, 1.82) is 0 Å². The van der Waals surface area contributed by atoms with Gasteiger partial charge in [-0.3, -0.25) is 4.98 Å². The van der Waals surface area contributed by atoms with Crippen LogP contribution in [0.15, 0.2) is 98.1 Å². The largest absolute Gasteiger partial charge is 1.00 e. The van der Waals surface area contributed by atoms with Crippen molar-refractivity contribution in [3.05, 3.63) is 98.1 Å². The number of ether oxygens (including phenoxy) is 3. The lowest BCUT2D eigenvalue weighted by molar-refractivity contribution is -0.686. The number of rotatable bonds is 14. The normalized spacial score (nSPS) is 24.3. The molecule has 4 heterocycles. The van der Waals surface area contributed by atoms with Crippen LogP contribution < -0.4 is 50.9 Å². The van der Waals surface area contributed by atoms with Crippen LogP contribution in [-0.4, -0.2) is 41.2 Å². The molecule has 4 aromatic rings.